The Morgan fingerprint density at radius 2 is 2.04 bits per heavy atom. The zero-order chi connectivity index (χ0) is 18.8. The number of furan rings is 1. The lowest BCUT2D eigenvalue weighted by molar-refractivity contribution is -0.117. The van der Waals surface area contributed by atoms with Gasteiger partial charge in [-0.2, -0.15) is 5.10 Å². The van der Waals surface area contributed by atoms with Crippen LogP contribution in [0.2, 0.25) is 0 Å². The van der Waals surface area contributed by atoms with Crippen molar-refractivity contribution in [3.8, 4) is 0 Å². The van der Waals surface area contributed by atoms with Gasteiger partial charge in [0.15, 0.2) is 0 Å². The van der Waals surface area contributed by atoms with E-state index in [9.17, 15) is 14.0 Å². The second-order valence-corrected chi connectivity index (χ2v) is 6.19. The van der Waals surface area contributed by atoms with Gasteiger partial charge in [-0.15, -0.1) is 0 Å². The smallest absolute Gasteiger partial charge is 0.277 e. The standard InChI is InChI=1S/C18H19FN4O3/c1-10-15-11(2)26-18(16(15)17(25)22-21-10)20-14(24)9-23(3)8-12-6-4-5-7-13(12)19/h4-7H,8-9H2,1-3H3,(H,20,24)(H,22,25). The van der Waals surface area contributed by atoms with Gasteiger partial charge in [0.2, 0.25) is 11.8 Å². The number of fused-ring (bicyclic) bond motifs is 1. The van der Waals surface area contributed by atoms with Gasteiger partial charge < -0.3 is 4.42 Å². The average molecular weight is 358 g/mol. The van der Waals surface area contributed by atoms with Gasteiger partial charge in [0.1, 0.15) is 17.0 Å². The highest BCUT2D eigenvalue weighted by Gasteiger charge is 2.19. The number of nitrogens with zero attached hydrogens (tertiary/aromatic N) is 2. The van der Waals surface area contributed by atoms with E-state index in [1.807, 2.05) is 0 Å². The van der Waals surface area contributed by atoms with Crippen molar-refractivity contribution >= 4 is 22.6 Å². The first-order chi connectivity index (χ1) is 12.4. The molecule has 136 valence electrons. The first-order valence-electron chi connectivity index (χ1n) is 8.07. The number of hydrogen-bond donors (Lipinski definition) is 2. The number of benzene rings is 1. The van der Waals surface area contributed by atoms with Gasteiger partial charge in [-0.25, -0.2) is 9.49 Å². The van der Waals surface area contributed by atoms with E-state index in [1.165, 1.54) is 6.07 Å². The van der Waals surface area contributed by atoms with Gasteiger partial charge in [0.25, 0.3) is 5.56 Å². The summed E-state index contributed by atoms with van der Waals surface area (Å²) in [6.45, 7) is 3.74. The van der Waals surface area contributed by atoms with Crippen LogP contribution in [0.3, 0.4) is 0 Å². The topological polar surface area (TPSA) is 91.2 Å². The molecule has 8 heteroatoms. The van der Waals surface area contributed by atoms with Crippen LogP contribution in [-0.4, -0.2) is 34.6 Å². The molecule has 26 heavy (non-hydrogen) atoms. The van der Waals surface area contributed by atoms with Crippen LogP contribution in [0, 0.1) is 19.7 Å². The van der Waals surface area contributed by atoms with E-state index < -0.39 is 5.56 Å². The highest BCUT2D eigenvalue weighted by molar-refractivity contribution is 6.01. The Bertz CT molecular complexity index is 1020. The van der Waals surface area contributed by atoms with E-state index in [4.69, 9.17) is 4.42 Å². The SMILES string of the molecule is Cc1n[nH]c(=O)c2c(NC(=O)CN(C)Cc3ccccc3F)oc(C)c12. The number of hydrogen-bond acceptors (Lipinski definition) is 5. The number of nitrogens with one attached hydrogen (secondary N) is 2. The van der Waals surface area contributed by atoms with Crippen molar-refractivity contribution in [3.05, 3.63) is 57.5 Å². The van der Waals surface area contributed by atoms with Gasteiger partial charge in [-0.05, 0) is 27.0 Å². The molecule has 0 atom stereocenters. The van der Waals surface area contributed by atoms with Crippen molar-refractivity contribution in [1.82, 2.24) is 15.1 Å². The van der Waals surface area contributed by atoms with Crippen molar-refractivity contribution in [3.63, 3.8) is 0 Å². The molecule has 3 aromatic rings. The molecule has 0 saturated carbocycles. The summed E-state index contributed by atoms with van der Waals surface area (Å²) in [6, 6.07) is 6.41. The molecule has 2 N–H and O–H groups in total. The van der Waals surface area contributed by atoms with E-state index in [0.717, 1.165) is 0 Å². The molecule has 2 aromatic heterocycles. The number of carbonyl (C=O) groups excluding carboxylic acids is 1. The van der Waals surface area contributed by atoms with Gasteiger partial charge in [0, 0.05) is 12.1 Å². The summed E-state index contributed by atoms with van der Waals surface area (Å²) in [5.74, 6) is -0.0880. The number of aryl methyl sites for hydroxylation is 2. The third-order valence-corrected chi connectivity index (χ3v) is 4.06. The lowest BCUT2D eigenvalue weighted by Crippen LogP contribution is -2.30. The lowest BCUT2D eigenvalue weighted by Gasteiger charge is -2.16. The Kier molecular flexibility index (Phi) is 4.85. The number of anilines is 1. The van der Waals surface area contributed by atoms with Crippen molar-refractivity contribution < 1.29 is 13.6 Å². The maximum atomic E-state index is 13.7. The maximum absolute atomic E-state index is 13.7. The highest BCUT2D eigenvalue weighted by Crippen LogP contribution is 2.28. The first kappa shape index (κ1) is 17.8. The van der Waals surface area contributed by atoms with Crippen molar-refractivity contribution in [2.75, 3.05) is 18.9 Å². The minimum Gasteiger partial charge on any atom is -0.444 e. The molecule has 0 saturated heterocycles. The molecule has 1 aromatic carbocycles. The second kappa shape index (κ2) is 7.09. The highest BCUT2D eigenvalue weighted by atomic mass is 19.1. The molecule has 0 aliphatic carbocycles. The second-order valence-electron chi connectivity index (χ2n) is 6.19. The largest absolute Gasteiger partial charge is 0.444 e. The molecule has 0 fully saturated rings. The van der Waals surface area contributed by atoms with Gasteiger partial charge in [0.05, 0.1) is 17.6 Å². The average Bonchev–Trinajstić information content (AvgIpc) is 2.90. The van der Waals surface area contributed by atoms with Crippen LogP contribution in [0.4, 0.5) is 10.3 Å². The van der Waals surface area contributed by atoms with Crippen LogP contribution in [0.25, 0.3) is 10.8 Å². The number of rotatable bonds is 5. The van der Waals surface area contributed by atoms with Crippen molar-refractivity contribution in [2.24, 2.45) is 0 Å². The van der Waals surface area contributed by atoms with Crippen LogP contribution in [0.5, 0.6) is 0 Å². The number of amides is 1. The Balaban J connectivity index is 1.75. The van der Waals surface area contributed by atoms with E-state index in [-0.39, 0.29) is 36.1 Å². The molecule has 0 aliphatic rings. The quantitative estimate of drug-likeness (QED) is 0.730. The van der Waals surface area contributed by atoms with Crippen LogP contribution >= 0.6 is 0 Å². The molecule has 1 amide bonds. The summed E-state index contributed by atoms with van der Waals surface area (Å²) in [5.41, 5.74) is 0.677. The minimum atomic E-state index is -0.433. The van der Waals surface area contributed by atoms with E-state index in [0.29, 0.717) is 22.4 Å². The van der Waals surface area contributed by atoms with E-state index in [1.54, 1.807) is 44.0 Å². The number of aromatic nitrogens is 2. The van der Waals surface area contributed by atoms with Crippen LogP contribution in [-0.2, 0) is 11.3 Å². The molecule has 0 radical (unpaired) electrons. The molecule has 0 unspecified atom stereocenters. The third kappa shape index (κ3) is 3.50. The first-order valence-corrected chi connectivity index (χ1v) is 8.07. The molecule has 3 rings (SSSR count). The molecule has 7 nitrogen and oxygen atoms in total. The summed E-state index contributed by atoms with van der Waals surface area (Å²) in [5, 5.41) is 9.76. The zero-order valence-corrected chi connectivity index (χ0v) is 14.7. The third-order valence-electron chi connectivity index (χ3n) is 4.06. The number of aromatic amines is 1. The maximum Gasteiger partial charge on any atom is 0.277 e. The van der Waals surface area contributed by atoms with E-state index in [2.05, 4.69) is 15.5 Å². The fraction of sp³-hybridized carbons (Fsp3) is 0.278. The Labute approximate surface area is 148 Å². The summed E-state index contributed by atoms with van der Waals surface area (Å²) in [4.78, 5) is 26.0. The van der Waals surface area contributed by atoms with Crippen LogP contribution in [0.15, 0.2) is 33.5 Å². The molecular weight excluding hydrogens is 339 g/mol. The molecule has 2 heterocycles. The number of H-pyrrole nitrogens is 1. The monoisotopic (exact) mass is 358 g/mol. The fourth-order valence-electron chi connectivity index (χ4n) is 2.92. The summed E-state index contributed by atoms with van der Waals surface area (Å²) < 4.78 is 19.3. The van der Waals surface area contributed by atoms with Crippen molar-refractivity contribution in [2.45, 2.75) is 20.4 Å². The summed E-state index contributed by atoms with van der Waals surface area (Å²) in [7, 11) is 1.71. The predicted octanol–water partition coefficient (Wildman–Crippen LogP) is 2.34. The van der Waals surface area contributed by atoms with Gasteiger partial charge in [-0.3, -0.25) is 19.8 Å². The zero-order valence-electron chi connectivity index (χ0n) is 14.7. The normalized spacial score (nSPS) is 11.3. The van der Waals surface area contributed by atoms with Crippen LogP contribution in [0.1, 0.15) is 17.0 Å². The van der Waals surface area contributed by atoms with Crippen LogP contribution < -0.4 is 10.9 Å². The molecule has 0 bridgehead atoms. The Morgan fingerprint density at radius 3 is 2.77 bits per heavy atom. The van der Waals surface area contributed by atoms with E-state index >= 15 is 0 Å². The Morgan fingerprint density at radius 1 is 1.31 bits per heavy atom. The Hall–Kier alpha value is -3.00. The predicted molar refractivity (Wildman–Crippen MR) is 95.5 cm³/mol. The fourth-order valence-corrected chi connectivity index (χ4v) is 2.92. The molecule has 0 aliphatic heterocycles. The molecule has 0 spiro atoms. The van der Waals surface area contributed by atoms with Gasteiger partial charge in [-0.1, -0.05) is 18.2 Å². The number of carbonyl (C=O) groups is 1. The summed E-state index contributed by atoms with van der Waals surface area (Å²) in [6.07, 6.45) is 0. The summed E-state index contributed by atoms with van der Waals surface area (Å²) >= 11 is 0. The minimum absolute atomic E-state index is 0.0115. The van der Waals surface area contributed by atoms with Gasteiger partial charge >= 0.3 is 0 Å². The number of halogens is 1. The lowest BCUT2D eigenvalue weighted by atomic mass is 10.2. The molecular formula is C18H19FN4O3. The van der Waals surface area contributed by atoms with Crippen molar-refractivity contribution in [1.29, 1.82) is 0 Å². The number of likely N-dealkylation sites (N-methyl/N-ethyl adjacent to an activating group) is 1.